The summed E-state index contributed by atoms with van der Waals surface area (Å²) in [5.41, 5.74) is 3.59. The van der Waals surface area contributed by atoms with Gasteiger partial charge < -0.3 is 23.5 Å². The molecule has 8 nitrogen and oxygen atoms in total. The molecule has 1 aliphatic rings. The predicted octanol–water partition coefficient (Wildman–Crippen LogP) is 3.79. The van der Waals surface area contributed by atoms with Crippen molar-refractivity contribution in [3.8, 4) is 23.1 Å². The van der Waals surface area contributed by atoms with E-state index < -0.39 is 0 Å². The highest BCUT2D eigenvalue weighted by molar-refractivity contribution is 5.70. The average Bonchev–Trinajstić information content (AvgIpc) is 3.21. The fourth-order valence-corrected chi connectivity index (χ4v) is 3.79. The Morgan fingerprint density at radius 2 is 1.94 bits per heavy atom. The molecular weight excluding hydrogens is 396 g/mol. The quantitative estimate of drug-likeness (QED) is 0.488. The highest BCUT2D eigenvalue weighted by atomic mass is 16.6. The maximum atomic E-state index is 6.32. The van der Waals surface area contributed by atoms with Crippen molar-refractivity contribution >= 4 is 11.2 Å². The van der Waals surface area contributed by atoms with E-state index in [1.807, 2.05) is 47.9 Å². The van der Waals surface area contributed by atoms with E-state index in [1.165, 1.54) is 0 Å². The van der Waals surface area contributed by atoms with Gasteiger partial charge in [0.25, 0.3) is 0 Å². The Morgan fingerprint density at radius 3 is 2.71 bits per heavy atom. The van der Waals surface area contributed by atoms with Crippen molar-refractivity contribution in [3.05, 3.63) is 66.2 Å². The van der Waals surface area contributed by atoms with Crippen LogP contribution in [-0.4, -0.2) is 39.8 Å². The number of benzene rings is 1. The molecule has 0 saturated carbocycles. The van der Waals surface area contributed by atoms with Crippen LogP contribution >= 0.6 is 0 Å². The van der Waals surface area contributed by atoms with Crippen LogP contribution in [0.5, 0.6) is 23.1 Å². The molecule has 5 rings (SSSR count). The van der Waals surface area contributed by atoms with Crippen LogP contribution in [0, 0.1) is 0 Å². The van der Waals surface area contributed by atoms with Gasteiger partial charge in [-0.2, -0.15) is 0 Å². The van der Waals surface area contributed by atoms with Gasteiger partial charge in [-0.15, -0.1) is 0 Å². The van der Waals surface area contributed by atoms with Crippen molar-refractivity contribution in [2.45, 2.75) is 25.7 Å². The monoisotopic (exact) mass is 418 g/mol. The Kier molecular flexibility index (Phi) is 4.82. The number of nitrogens with zero attached hydrogens (tertiary/aromatic N) is 4. The molecule has 0 radical (unpaired) electrons. The molecule has 31 heavy (non-hydrogen) atoms. The molecule has 0 spiro atoms. The second kappa shape index (κ2) is 7.79. The topological polar surface area (TPSA) is 80.5 Å². The van der Waals surface area contributed by atoms with Crippen molar-refractivity contribution < 1.29 is 18.9 Å². The number of imidazole rings is 1. The molecule has 0 fully saturated rings. The van der Waals surface area contributed by atoms with Gasteiger partial charge in [-0.3, -0.25) is 0 Å². The van der Waals surface area contributed by atoms with Crippen LogP contribution < -0.4 is 18.9 Å². The molecule has 4 heterocycles. The molecular formula is C23H22N4O4. The zero-order valence-electron chi connectivity index (χ0n) is 17.5. The minimum absolute atomic E-state index is 0.210. The maximum Gasteiger partial charge on any atom is 0.212 e. The third-order valence-corrected chi connectivity index (χ3v) is 5.31. The first kappa shape index (κ1) is 19.2. The van der Waals surface area contributed by atoms with Crippen molar-refractivity contribution in [3.63, 3.8) is 0 Å². The maximum absolute atomic E-state index is 6.32. The number of aromatic nitrogens is 4. The van der Waals surface area contributed by atoms with Crippen molar-refractivity contribution in [1.82, 2.24) is 19.5 Å². The van der Waals surface area contributed by atoms with E-state index in [9.17, 15) is 0 Å². The molecule has 1 aromatic carbocycles. The third-order valence-electron chi connectivity index (χ3n) is 5.31. The Hall–Kier alpha value is -3.81. The molecule has 4 aromatic rings. The van der Waals surface area contributed by atoms with Gasteiger partial charge in [-0.1, -0.05) is 0 Å². The second-order valence-electron chi connectivity index (χ2n) is 7.34. The fraction of sp³-hybridized carbons (Fsp3) is 0.261. The molecule has 158 valence electrons. The van der Waals surface area contributed by atoms with Gasteiger partial charge in [0.1, 0.15) is 11.6 Å². The van der Waals surface area contributed by atoms with Crippen molar-refractivity contribution in [1.29, 1.82) is 0 Å². The summed E-state index contributed by atoms with van der Waals surface area (Å²) >= 11 is 0. The Morgan fingerprint density at radius 1 is 1.03 bits per heavy atom. The zero-order chi connectivity index (χ0) is 21.4. The van der Waals surface area contributed by atoms with Gasteiger partial charge in [0.05, 0.1) is 27.1 Å². The first-order valence-electron chi connectivity index (χ1n) is 9.96. The number of hydrogen-bond donors (Lipinski definition) is 0. The molecule has 3 aromatic heterocycles. The van der Waals surface area contributed by atoms with Crippen molar-refractivity contribution in [2.75, 3.05) is 14.2 Å². The standard InChI is InChI=1S/C23H22N4O4/c1-14-21(16-6-7-20(29-3)25-11-16)31-22-18(28-2)9-15(10-19(22)30-14)12-27-13-26-17-5-4-8-24-23(17)27/h4-11,13-14,21H,12H2,1-3H3/t14-,21+/m1/s1. The smallest absolute Gasteiger partial charge is 0.212 e. The minimum atomic E-state index is -0.313. The van der Waals surface area contributed by atoms with Gasteiger partial charge in [0.15, 0.2) is 23.3 Å². The van der Waals surface area contributed by atoms with Crippen LogP contribution in [0.3, 0.4) is 0 Å². The zero-order valence-corrected chi connectivity index (χ0v) is 17.5. The molecule has 0 amide bonds. The van der Waals surface area contributed by atoms with Crippen LogP contribution in [0.1, 0.15) is 24.2 Å². The molecule has 0 N–H and O–H groups in total. The number of ether oxygens (including phenoxy) is 4. The Labute approximate surface area is 179 Å². The van der Waals surface area contributed by atoms with Gasteiger partial charge >= 0.3 is 0 Å². The largest absolute Gasteiger partial charge is 0.493 e. The van der Waals surface area contributed by atoms with Crippen LogP contribution in [0.2, 0.25) is 0 Å². The third kappa shape index (κ3) is 3.50. The van der Waals surface area contributed by atoms with Gasteiger partial charge in [0, 0.05) is 24.0 Å². The highest BCUT2D eigenvalue weighted by Gasteiger charge is 2.32. The van der Waals surface area contributed by atoms with E-state index in [0.717, 1.165) is 22.3 Å². The van der Waals surface area contributed by atoms with E-state index >= 15 is 0 Å². The summed E-state index contributed by atoms with van der Waals surface area (Å²) in [5.74, 6) is 2.40. The summed E-state index contributed by atoms with van der Waals surface area (Å²) < 4.78 is 25.3. The molecule has 0 aliphatic carbocycles. The van der Waals surface area contributed by atoms with Crippen LogP contribution in [-0.2, 0) is 6.54 Å². The molecule has 2 atom stereocenters. The summed E-state index contributed by atoms with van der Waals surface area (Å²) in [7, 11) is 3.21. The lowest BCUT2D eigenvalue weighted by Crippen LogP contribution is -2.31. The SMILES string of the molecule is COc1ccc([C@H]2Oc3c(OC)cc(Cn4cnc5cccnc54)cc3O[C@@H]2C)cn1. The number of fused-ring (bicyclic) bond motifs is 2. The number of rotatable bonds is 5. The predicted molar refractivity (Wildman–Crippen MR) is 114 cm³/mol. The van der Waals surface area contributed by atoms with E-state index in [2.05, 4.69) is 15.0 Å². The van der Waals surface area contributed by atoms with E-state index in [1.54, 1.807) is 32.9 Å². The molecule has 0 saturated heterocycles. The molecule has 8 heteroatoms. The van der Waals surface area contributed by atoms with Crippen molar-refractivity contribution in [2.24, 2.45) is 0 Å². The van der Waals surface area contributed by atoms with E-state index in [0.29, 0.717) is 29.7 Å². The normalized spacial score (nSPS) is 17.5. The number of methoxy groups -OCH3 is 2. The van der Waals surface area contributed by atoms with Gasteiger partial charge in [-0.05, 0) is 42.8 Å². The van der Waals surface area contributed by atoms with Crippen LogP contribution in [0.25, 0.3) is 11.2 Å². The summed E-state index contributed by atoms with van der Waals surface area (Å²) in [6.45, 7) is 2.56. The summed E-state index contributed by atoms with van der Waals surface area (Å²) in [5, 5.41) is 0. The average molecular weight is 418 g/mol. The summed E-state index contributed by atoms with van der Waals surface area (Å²) in [6, 6.07) is 11.5. The fourth-order valence-electron chi connectivity index (χ4n) is 3.79. The lowest BCUT2D eigenvalue weighted by Gasteiger charge is -2.33. The lowest BCUT2D eigenvalue weighted by molar-refractivity contribution is 0.0277. The second-order valence-corrected chi connectivity index (χ2v) is 7.34. The first-order chi connectivity index (χ1) is 15.2. The van der Waals surface area contributed by atoms with E-state index in [4.69, 9.17) is 18.9 Å². The van der Waals surface area contributed by atoms with Gasteiger partial charge in [0.2, 0.25) is 11.6 Å². The van der Waals surface area contributed by atoms with E-state index in [-0.39, 0.29) is 12.2 Å². The Balaban J connectivity index is 1.46. The van der Waals surface area contributed by atoms with Crippen LogP contribution in [0.4, 0.5) is 0 Å². The summed E-state index contributed by atoms with van der Waals surface area (Å²) in [4.78, 5) is 13.1. The highest BCUT2D eigenvalue weighted by Crippen LogP contribution is 2.46. The first-order valence-corrected chi connectivity index (χ1v) is 9.96. The molecule has 0 bridgehead atoms. The number of pyridine rings is 2. The molecule has 0 unspecified atom stereocenters. The number of hydrogen-bond acceptors (Lipinski definition) is 7. The molecule has 1 aliphatic heterocycles. The minimum Gasteiger partial charge on any atom is -0.493 e. The summed E-state index contributed by atoms with van der Waals surface area (Å²) in [6.07, 6.45) is 4.77. The van der Waals surface area contributed by atoms with Gasteiger partial charge in [-0.25, -0.2) is 15.0 Å². The lowest BCUT2D eigenvalue weighted by atomic mass is 10.0. The van der Waals surface area contributed by atoms with Crippen LogP contribution in [0.15, 0.2) is 55.1 Å². The Bertz CT molecular complexity index is 1220.